The first-order chi connectivity index (χ1) is 16.4. The van der Waals surface area contributed by atoms with Gasteiger partial charge in [0.25, 0.3) is 5.91 Å². The summed E-state index contributed by atoms with van der Waals surface area (Å²) < 4.78 is 16.0. The molecule has 0 spiro atoms. The number of aromatic nitrogens is 2. The molecule has 1 saturated heterocycles. The molecule has 0 radical (unpaired) electrons. The van der Waals surface area contributed by atoms with Crippen LogP contribution in [0.15, 0.2) is 65.2 Å². The number of rotatable bonds is 6. The molecular formula is C25H22N4O5. The van der Waals surface area contributed by atoms with Crippen LogP contribution in [0.5, 0.6) is 11.5 Å². The molecule has 9 heteroatoms. The molecular weight excluding hydrogens is 436 g/mol. The molecule has 172 valence electrons. The van der Waals surface area contributed by atoms with Crippen molar-refractivity contribution in [3.05, 3.63) is 72.1 Å². The standard InChI is InChI=1S/C25H22N4O5/c1-25(17-9-8-15-6-4-5-7-16(15)12-17)23(30)29(24(31)27-25)14-21-26-22(28-34-21)19-11-10-18(32-2)13-20(19)33-3/h4-13H,14H2,1-3H3,(H,27,31)/t25-/m0/s1. The van der Waals surface area contributed by atoms with Crippen molar-refractivity contribution in [3.8, 4) is 22.9 Å². The summed E-state index contributed by atoms with van der Waals surface area (Å²) in [6.45, 7) is 1.54. The smallest absolute Gasteiger partial charge is 0.325 e. The lowest BCUT2D eigenvalue weighted by Gasteiger charge is -2.22. The monoisotopic (exact) mass is 458 g/mol. The van der Waals surface area contributed by atoms with Crippen LogP contribution in [-0.2, 0) is 16.9 Å². The Bertz CT molecular complexity index is 1420. The van der Waals surface area contributed by atoms with E-state index in [9.17, 15) is 9.59 Å². The lowest BCUT2D eigenvalue weighted by Crippen LogP contribution is -2.40. The van der Waals surface area contributed by atoms with Crippen molar-refractivity contribution < 1.29 is 23.6 Å². The molecule has 9 nitrogen and oxygen atoms in total. The van der Waals surface area contributed by atoms with Crippen molar-refractivity contribution in [2.45, 2.75) is 19.0 Å². The summed E-state index contributed by atoms with van der Waals surface area (Å²) in [7, 11) is 3.09. The molecule has 1 aromatic heterocycles. The number of fused-ring (bicyclic) bond motifs is 1. The summed E-state index contributed by atoms with van der Waals surface area (Å²) >= 11 is 0. The topological polar surface area (TPSA) is 107 Å². The highest BCUT2D eigenvalue weighted by atomic mass is 16.5. The number of imide groups is 1. The van der Waals surface area contributed by atoms with E-state index in [1.165, 1.54) is 7.11 Å². The van der Waals surface area contributed by atoms with Crippen molar-refractivity contribution in [1.29, 1.82) is 0 Å². The molecule has 1 atom stereocenters. The van der Waals surface area contributed by atoms with Crippen molar-refractivity contribution >= 4 is 22.7 Å². The van der Waals surface area contributed by atoms with Crippen molar-refractivity contribution in [3.63, 3.8) is 0 Å². The zero-order valence-electron chi connectivity index (χ0n) is 18.9. The van der Waals surface area contributed by atoms with Crippen LogP contribution < -0.4 is 14.8 Å². The maximum Gasteiger partial charge on any atom is 0.325 e. The normalized spacial score (nSPS) is 17.8. The highest BCUT2D eigenvalue weighted by molar-refractivity contribution is 6.07. The molecule has 0 saturated carbocycles. The number of amides is 3. The summed E-state index contributed by atoms with van der Waals surface area (Å²) in [6, 6.07) is 18.2. The van der Waals surface area contributed by atoms with E-state index in [-0.39, 0.29) is 18.3 Å². The van der Waals surface area contributed by atoms with E-state index in [0.29, 0.717) is 22.6 Å². The molecule has 34 heavy (non-hydrogen) atoms. The minimum absolute atomic E-state index is 0.124. The van der Waals surface area contributed by atoms with Gasteiger partial charge in [-0.1, -0.05) is 41.6 Å². The number of benzene rings is 3. The average molecular weight is 458 g/mol. The predicted octanol–water partition coefficient (Wildman–Crippen LogP) is 3.87. The molecule has 0 unspecified atom stereocenters. The summed E-state index contributed by atoms with van der Waals surface area (Å²) in [6.07, 6.45) is 0. The quantitative estimate of drug-likeness (QED) is 0.437. The van der Waals surface area contributed by atoms with Gasteiger partial charge in [-0.15, -0.1) is 0 Å². The second kappa shape index (κ2) is 8.18. The van der Waals surface area contributed by atoms with Gasteiger partial charge in [0.05, 0.1) is 19.8 Å². The number of ether oxygens (including phenoxy) is 2. The Kier molecular flexibility index (Phi) is 5.16. The molecule has 3 amide bonds. The molecule has 1 aliphatic rings. The number of hydrogen-bond acceptors (Lipinski definition) is 7. The second-order valence-electron chi connectivity index (χ2n) is 8.09. The Morgan fingerprint density at radius 1 is 1.00 bits per heavy atom. The van der Waals surface area contributed by atoms with Crippen LogP contribution >= 0.6 is 0 Å². The van der Waals surface area contributed by atoms with Crippen LogP contribution in [0.3, 0.4) is 0 Å². The van der Waals surface area contributed by atoms with Gasteiger partial charge in [0.2, 0.25) is 11.7 Å². The molecule has 1 aliphatic heterocycles. The number of carbonyl (C=O) groups excluding carboxylic acids is 2. The van der Waals surface area contributed by atoms with Crippen molar-refractivity contribution in [2.24, 2.45) is 0 Å². The third-order valence-corrected chi connectivity index (χ3v) is 6.01. The third-order valence-electron chi connectivity index (χ3n) is 6.01. The summed E-state index contributed by atoms with van der Waals surface area (Å²) in [5, 5.41) is 8.84. The van der Waals surface area contributed by atoms with Crippen LogP contribution in [0.4, 0.5) is 4.79 Å². The maximum atomic E-state index is 13.3. The first-order valence-corrected chi connectivity index (χ1v) is 10.6. The van der Waals surface area contributed by atoms with Gasteiger partial charge in [0.1, 0.15) is 23.6 Å². The van der Waals surface area contributed by atoms with E-state index in [4.69, 9.17) is 14.0 Å². The van der Waals surface area contributed by atoms with E-state index in [1.54, 1.807) is 32.2 Å². The van der Waals surface area contributed by atoms with Gasteiger partial charge < -0.3 is 19.3 Å². The molecule has 3 aromatic carbocycles. The minimum atomic E-state index is -1.21. The predicted molar refractivity (Wildman–Crippen MR) is 123 cm³/mol. The lowest BCUT2D eigenvalue weighted by atomic mass is 9.90. The summed E-state index contributed by atoms with van der Waals surface area (Å²) in [5.74, 6) is 1.13. The molecule has 4 aromatic rings. The van der Waals surface area contributed by atoms with Crippen molar-refractivity contribution in [2.75, 3.05) is 14.2 Å². The highest BCUT2D eigenvalue weighted by Gasteiger charge is 2.49. The highest BCUT2D eigenvalue weighted by Crippen LogP contribution is 2.33. The molecule has 0 bridgehead atoms. The zero-order chi connectivity index (χ0) is 23.9. The minimum Gasteiger partial charge on any atom is -0.497 e. The summed E-state index contributed by atoms with van der Waals surface area (Å²) in [5.41, 5.74) is 0.0844. The van der Waals surface area contributed by atoms with E-state index in [0.717, 1.165) is 15.7 Å². The lowest BCUT2D eigenvalue weighted by molar-refractivity contribution is -0.131. The number of urea groups is 1. The molecule has 1 N–H and O–H groups in total. The Morgan fingerprint density at radius 2 is 1.79 bits per heavy atom. The molecule has 2 heterocycles. The Hall–Kier alpha value is -4.40. The first-order valence-electron chi connectivity index (χ1n) is 10.6. The van der Waals surface area contributed by atoms with Gasteiger partial charge in [-0.3, -0.25) is 9.69 Å². The fourth-order valence-corrected chi connectivity index (χ4v) is 4.08. The maximum absolute atomic E-state index is 13.3. The Morgan fingerprint density at radius 3 is 2.56 bits per heavy atom. The second-order valence-corrected chi connectivity index (χ2v) is 8.09. The third kappa shape index (κ3) is 3.51. The Balaban J connectivity index is 1.40. The van der Waals surface area contributed by atoms with E-state index in [2.05, 4.69) is 15.5 Å². The van der Waals surface area contributed by atoms with Gasteiger partial charge in [0.15, 0.2) is 0 Å². The number of methoxy groups -OCH3 is 2. The first kappa shape index (κ1) is 21.4. The number of carbonyl (C=O) groups is 2. The fourth-order valence-electron chi connectivity index (χ4n) is 4.08. The Labute approximate surface area is 195 Å². The molecule has 5 rings (SSSR count). The van der Waals surface area contributed by atoms with Gasteiger partial charge in [-0.05, 0) is 41.5 Å². The molecule has 0 aliphatic carbocycles. The largest absolute Gasteiger partial charge is 0.497 e. The molecule has 1 fully saturated rings. The zero-order valence-corrected chi connectivity index (χ0v) is 18.9. The van der Waals surface area contributed by atoms with Crippen LogP contribution in [0.1, 0.15) is 18.4 Å². The van der Waals surface area contributed by atoms with Crippen molar-refractivity contribution in [1.82, 2.24) is 20.4 Å². The van der Waals surface area contributed by atoms with Crippen LogP contribution in [0.25, 0.3) is 22.2 Å². The van der Waals surface area contributed by atoms with E-state index >= 15 is 0 Å². The summed E-state index contributed by atoms with van der Waals surface area (Å²) in [4.78, 5) is 31.6. The van der Waals surface area contributed by atoms with Crippen LogP contribution in [-0.4, -0.2) is 41.2 Å². The average Bonchev–Trinajstić information content (AvgIpc) is 3.42. The van der Waals surface area contributed by atoms with Gasteiger partial charge in [-0.25, -0.2) is 4.79 Å². The van der Waals surface area contributed by atoms with Gasteiger partial charge >= 0.3 is 6.03 Å². The number of hydrogen-bond donors (Lipinski definition) is 1. The van der Waals surface area contributed by atoms with Crippen LogP contribution in [0.2, 0.25) is 0 Å². The fraction of sp³-hybridized carbons (Fsp3) is 0.200. The van der Waals surface area contributed by atoms with E-state index < -0.39 is 17.5 Å². The number of nitrogens with one attached hydrogen (secondary N) is 1. The van der Waals surface area contributed by atoms with Gasteiger partial charge in [0, 0.05) is 6.07 Å². The van der Waals surface area contributed by atoms with Gasteiger partial charge in [-0.2, -0.15) is 4.98 Å². The van der Waals surface area contributed by atoms with E-state index in [1.807, 2.05) is 42.5 Å². The van der Waals surface area contributed by atoms with Crippen LogP contribution in [0, 0.1) is 0 Å². The number of nitrogens with zero attached hydrogens (tertiary/aromatic N) is 3. The SMILES string of the molecule is COc1ccc(-c2noc(CN3C(=O)N[C@@](C)(c4ccc5ccccc5c4)C3=O)n2)c(OC)c1.